The maximum absolute atomic E-state index is 12.8. The number of rotatable bonds is 3. The number of carbonyl (C=O) groups is 1. The number of morpholine rings is 1. The zero-order valence-corrected chi connectivity index (χ0v) is 12.3. The van der Waals surface area contributed by atoms with E-state index in [0.717, 1.165) is 29.9 Å². The SMILES string of the molecule is O=C(N1CCOCC1)C1(c2cc(-c3ccccc3)on2)CC1. The Morgan fingerprint density at radius 3 is 2.55 bits per heavy atom. The van der Waals surface area contributed by atoms with Gasteiger partial charge in [-0.2, -0.15) is 0 Å². The van der Waals surface area contributed by atoms with Crippen molar-refractivity contribution in [3.8, 4) is 11.3 Å². The Labute approximate surface area is 128 Å². The molecule has 1 aliphatic carbocycles. The second-order valence-corrected chi connectivity index (χ2v) is 5.93. The number of hydrogen-bond donors (Lipinski definition) is 0. The molecule has 1 amide bonds. The third-order valence-electron chi connectivity index (χ3n) is 4.52. The molecule has 2 aromatic rings. The highest BCUT2D eigenvalue weighted by Crippen LogP contribution is 2.49. The molecule has 22 heavy (non-hydrogen) atoms. The average Bonchev–Trinajstić information content (AvgIpc) is 3.25. The minimum Gasteiger partial charge on any atom is -0.378 e. The van der Waals surface area contributed by atoms with E-state index in [1.54, 1.807) is 0 Å². The van der Waals surface area contributed by atoms with Crippen LogP contribution >= 0.6 is 0 Å². The standard InChI is InChI=1S/C17H18N2O3/c20-16(19-8-10-21-11-9-19)17(6-7-17)15-12-14(22-18-15)13-4-2-1-3-5-13/h1-5,12H,6-11H2. The van der Waals surface area contributed by atoms with Gasteiger partial charge in [0.05, 0.1) is 24.3 Å². The molecule has 4 rings (SSSR count). The molecule has 1 saturated heterocycles. The first-order chi connectivity index (χ1) is 10.8. The van der Waals surface area contributed by atoms with Gasteiger partial charge in [0.2, 0.25) is 5.91 Å². The molecule has 2 heterocycles. The third kappa shape index (κ3) is 2.22. The van der Waals surface area contributed by atoms with Crippen molar-refractivity contribution in [2.75, 3.05) is 26.3 Å². The Hall–Kier alpha value is -2.14. The first-order valence-corrected chi connectivity index (χ1v) is 7.69. The van der Waals surface area contributed by atoms with Gasteiger partial charge in [-0.3, -0.25) is 4.79 Å². The maximum atomic E-state index is 12.8. The summed E-state index contributed by atoms with van der Waals surface area (Å²) >= 11 is 0. The minimum absolute atomic E-state index is 0.170. The summed E-state index contributed by atoms with van der Waals surface area (Å²) in [6, 6.07) is 11.8. The van der Waals surface area contributed by atoms with Crippen LogP contribution in [0.5, 0.6) is 0 Å². The highest BCUT2D eigenvalue weighted by atomic mass is 16.5. The lowest BCUT2D eigenvalue weighted by Gasteiger charge is -2.29. The molecule has 1 aromatic heterocycles. The first kappa shape index (κ1) is 13.5. The van der Waals surface area contributed by atoms with Crippen molar-refractivity contribution < 1.29 is 14.1 Å². The smallest absolute Gasteiger partial charge is 0.235 e. The number of benzene rings is 1. The summed E-state index contributed by atoms with van der Waals surface area (Å²) in [6.07, 6.45) is 1.70. The van der Waals surface area contributed by atoms with Gasteiger partial charge in [0, 0.05) is 24.7 Å². The largest absolute Gasteiger partial charge is 0.378 e. The van der Waals surface area contributed by atoms with Crippen molar-refractivity contribution in [2.45, 2.75) is 18.3 Å². The van der Waals surface area contributed by atoms with Crippen molar-refractivity contribution in [1.29, 1.82) is 0 Å². The van der Waals surface area contributed by atoms with E-state index < -0.39 is 5.41 Å². The Kier molecular flexibility index (Phi) is 3.22. The van der Waals surface area contributed by atoms with Gasteiger partial charge < -0.3 is 14.2 Å². The van der Waals surface area contributed by atoms with Crippen molar-refractivity contribution >= 4 is 5.91 Å². The fourth-order valence-electron chi connectivity index (χ4n) is 3.01. The molecular weight excluding hydrogens is 280 g/mol. The van der Waals surface area contributed by atoms with Gasteiger partial charge in [0.1, 0.15) is 0 Å². The summed E-state index contributed by atoms with van der Waals surface area (Å²) in [7, 11) is 0. The molecule has 0 N–H and O–H groups in total. The first-order valence-electron chi connectivity index (χ1n) is 7.69. The number of aromatic nitrogens is 1. The molecule has 0 unspecified atom stereocenters. The van der Waals surface area contributed by atoms with Crippen molar-refractivity contribution in [3.63, 3.8) is 0 Å². The van der Waals surface area contributed by atoms with Gasteiger partial charge in [-0.05, 0) is 12.8 Å². The van der Waals surface area contributed by atoms with Crippen LogP contribution < -0.4 is 0 Å². The summed E-state index contributed by atoms with van der Waals surface area (Å²) in [5.74, 6) is 0.889. The van der Waals surface area contributed by atoms with Crippen molar-refractivity contribution in [1.82, 2.24) is 10.1 Å². The lowest BCUT2D eigenvalue weighted by atomic mass is 9.99. The van der Waals surface area contributed by atoms with Gasteiger partial charge in [-0.15, -0.1) is 0 Å². The molecule has 114 valence electrons. The Morgan fingerprint density at radius 1 is 1.14 bits per heavy atom. The molecule has 0 spiro atoms. The summed E-state index contributed by atoms with van der Waals surface area (Å²) in [5, 5.41) is 4.19. The summed E-state index contributed by atoms with van der Waals surface area (Å²) in [4.78, 5) is 14.7. The number of carbonyl (C=O) groups excluding carboxylic acids is 1. The zero-order valence-electron chi connectivity index (χ0n) is 12.3. The van der Waals surface area contributed by atoms with E-state index >= 15 is 0 Å². The predicted molar refractivity (Wildman–Crippen MR) is 80.3 cm³/mol. The van der Waals surface area contributed by atoms with Gasteiger partial charge in [-0.25, -0.2) is 0 Å². The molecule has 5 nitrogen and oxygen atoms in total. The quantitative estimate of drug-likeness (QED) is 0.872. The Bertz CT molecular complexity index is 670. The summed E-state index contributed by atoms with van der Waals surface area (Å²) < 4.78 is 10.8. The third-order valence-corrected chi connectivity index (χ3v) is 4.52. The van der Waals surface area contributed by atoms with Crippen LogP contribution in [0.2, 0.25) is 0 Å². The van der Waals surface area contributed by atoms with E-state index in [1.807, 2.05) is 41.3 Å². The Balaban J connectivity index is 1.59. The highest BCUT2D eigenvalue weighted by molar-refractivity contribution is 5.91. The molecule has 1 saturated carbocycles. The van der Waals surface area contributed by atoms with Gasteiger partial charge in [0.25, 0.3) is 0 Å². The number of ether oxygens (including phenoxy) is 1. The fourth-order valence-corrected chi connectivity index (χ4v) is 3.01. The molecule has 2 aliphatic rings. The monoisotopic (exact) mass is 298 g/mol. The molecule has 2 fully saturated rings. The van der Waals surface area contributed by atoms with Gasteiger partial charge in [0.15, 0.2) is 5.76 Å². The van der Waals surface area contributed by atoms with E-state index in [9.17, 15) is 4.79 Å². The van der Waals surface area contributed by atoms with E-state index in [2.05, 4.69) is 5.16 Å². The van der Waals surface area contributed by atoms with Crippen LogP contribution in [-0.2, 0) is 14.9 Å². The van der Waals surface area contributed by atoms with Crippen LogP contribution in [0.4, 0.5) is 0 Å². The topological polar surface area (TPSA) is 55.6 Å². The molecule has 0 radical (unpaired) electrons. The van der Waals surface area contributed by atoms with Crippen LogP contribution in [0.1, 0.15) is 18.5 Å². The number of nitrogens with zero attached hydrogens (tertiary/aromatic N) is 2. The molecule has 0 bridgehead atoms. The van der Waals surface area contributed by atoms with E-state index in [-0.39, 0.29) is 5.91 Å². The Morgan fingerprint density at radius 2 is 1.86 bits per heavy atom. The van der Waals surface area contributed by atoms with Gasteiger partial charge >= 0.3 is 0 Å². The van der Waals surface area contributed by atoms with Crippen LogP contribution in [-0.4, -0.2) is 42.3 Å². The average molecular weight is 298 g/mol. The van der Waals surface area contributed by atoms with Crippen LogP contribution in [0.3, 0.4) is 0 Å². The highest BCUT2D eigenvalue weighted by Gasteiger charge is 2.55. The number of hydrogen-bond acceptors (Lipinski definition) is 4. The predicted octanol–water partition coefficient (Wildman–Crippen LogP) is 2.23. The normalized spacial score (nSPS) is 19.9. The lowest BCUT2D eigenvalue weighted by molar-refractivity contribution is -0.138. The zero-order chi connectivity index (χ0) is 15.0. The summed E-state index contributed by atoms with van der Waals surface area (Å²) in [6.45, 7) is 2.58. The van der Waals surface area contributed by atoms with Crippen LogP contribution in [0.25, 0.3) is 11.3 Å². The molecule has 0 atom stereocenters. The maximum Gasteiger partial charge on any atom is 0.235 e. The van der Waals surface area contributed by atoms with E-state index in [0.29, 0.717) is 26.3 Å². The molecular formula is C17H18N2O3. The van der Waals surface area contributed by atoms with Crippen molar-refractivity contribution in [2.24, 2.45) is 0 Å². The van der Waals surface area contributed by atoms with E-state index in [4.69, 9.17) is 9.26 Å². The minimum atomic E-state index is -0.464. The van der Waals surface area contributed by atoms with Gasteiger partial charge in [-0.1, -0.05) is 35.5 Å². The summed E-state index contributed by atoms with van der Waals surface area (Å²) in [5.41, 5.74) is 1.28. The molecule has 5 heteroatoms. The second kappa shape index (κ2) is 5.25. The molecule has 1 aromatic carbocycles. The van der Waals surface area contributed by atoms with E-state index in [1.165, 1.54) is 0 Å². The molecule has 1 aliphatic heterocycles. The lowest BCUT2D eigenvalue weighted by Crippen LogP contribution is -2.45. The van der Waals surface area contributed by atoms with Crippen LogP contribution in [0, 0.1) is 0 Å². The number of amides is 1. The second-order valence-electron chi connectivity index (χ2n) is 5.93. The van der Waals surface area contributed by atoms with Crippen molar-refractivity contribution in [3.05, 3.63) is 42.1 Å². The fraction of sp³-hybridized carbons (Fsp3) is 0.412. The van der Waals surface area contributed by atoms with Crippen LogP contribution in [0.15, 0.2) is 40.9 Å².